The summed E-state index contributed by atoms with van der Waals surface area (Å²) in [6.45, 7) is 0. The second-order valence-corrected chi connectivity index (χ2v) is 6.02. The standard InChI is InChI=1S/C15H9ClN2O4S/c16-8-1-4-10(5-2-8)23-12-6-3-9(22-12)7-11-13(19)17-15(21)18-14(11)20/h1-7H,(H2,17,18,19,20,21). The van der Waals surface area contributed by atoms with E-state index in [9.17, 15) is 14.4 Å². The zero-order valence-corrected chi connectivity index (χ0v) is 13.0. The zero-order chi connectivity index (χ0) is 16.4. The van der Waals surface area contributed by atoms with Crippen LogP contribution in [0.4, 0.5) is 4.79 Å². The Bertz CT molecular complexity index is 804. The Labute approximate surface area is 139 Å². The summed E-state index contributed by atoms with van der Waals surface area (Å²) in [6, 6.07) is 9.74. The molecule has 0 atom stereocenters. The lowest BCUT2D eigenvalue weighted by atomic mass is 10.1. The van der Waals surface area contributed by atoms with Crippen LogP contribution in [0.5, 0.6) is 0 Å². The molecule has 4 amide bonds. The molecule has 116 valence electrons. The lowest BCUT2D eigenvalue weighted by molar-refractivity contribution is -0.123. The number of rotatable bonds is 3. The van der Waals surface area contributed by atoms with Gasteiger partial charge in [0, 0.05) is 9.92 Å². The van der Waals surface area contributed by atoms with Gasteiger partial charge < -0.3 is 4.42 Å². The molecule has 1 aromatic carbocycles. The topological polar surface area (TPSA) is 88.4 Å². The van der Waals surface area contributed by atoms with Crippen LogP contribution in [0, 0.1) is 0 Å². The van der Waals surface area contributed by atoms with Gasteiger partial charge >= 0.3 is 6.03 Å². The van der Waals surface area contributed by atoms with E-state index in [1.54, 1.807) is 24.3 Å². The van der Waals surface area contributed by atoms with E-state index in [0.717, 1.165) is 4.90 Å². The van der Waals surface area contributed by atoms with Crippen LogP contribution >= 0.6 is 23.4 Å². The Morgan fingerprint density at radius 1 is 0.957 bits per heavy atom. The van der Waals surface area contributed by atoms with E-state index in [4.69, 9.17) is 16.0 Å². The van der Waals surface area contributed by atoms with Crippen LogP contribution in [0.1, 0.15) is 5.76 Å². The highest BCUT2D eigenvalue weighted by atomic mass is 35.5. The normalized spacial score (nSPS) is 14.5. The fourth-order valence-corrected chi connectivity index (χ4v) is 2.74. The van der Waals surface area contributed by atoms with Crippen LogP contribution in [0.15, 0.2) is 56.4 Å². The van der Waals surface area contributed by atoms with Crippen molar-refractivity contribution >= 4 is 47.3 Å². The van der Waals surface area contributed by atoms with Crippen molar-refractivity contribution in [1.29, 1.82) is 0 Å². The molecule has 0 spiro atoms. The molecule has 6 nitrogen and oxygen atoms in total. The number of imide groups is 2. The van der Waals surface area contributed by atoms with Crippen molar-refractivity contribution in [1.82, 2.24) is 10.6 Å². The first-order valence-corrected chi connectivity index (χ1v) is 7.62. The molecular formula is C15H9ClN2O4S. The number of carbonyl (C=O) groups excluding carboxylic acids is 3. The lowest BCUT2D eigenvalue weighted by Crippen LogP contribution is -2.51. The molecule has 2 heterocycles. The highest BCUT2D eigenvalue weighted by Gasteiger charge is 2.28. The summed E-state index contributed by atoms with van der Waals surface area (Å²) in [5.74, 6) is -1.19. The van der Waals surface area contributed by atoms with Gasteiger partial charge in [0.15, 0.2) is 5.09 Å². The van der Waals surface area contributed by atoms with Crippen LogP contribution in [0.25, 0.3) is 6.08 Å². The van der Waals surface area contributed by atoms with E-state index in [-0.39, 0.29) is 5.57 Å². The molecule has 8 heteroatoms. The van der Waals surface area contributed by atoms with E-state index < -0.39 is 17.8 Å². The first-order chi connectivity index (χ1) is 11.0. The van der Waals surface area contributed by atoms with Crippen molar-refractivity contribution in [2.45, 2.75) is 9.99 Å². The maximum absolute atomic E-state index is 11.6. The van der Waals surface area contributed by atoms with Crippen molar-refractivity contribution in [3.05, 3.63) is 52.8 Å². The highest BCUT2D eigenvalue weighted by Crippen LogP contribution is 2.30. The quantitative estimate of drug-likeness (QED) is 0.657. The minimum atomic E-state index is -0.837. The number of benzene rings is 1. The second-order valence-electron chi connectivity index (χ2n) is 4.51. The summed E-state index contributed by atoms with van der Waals surface area (Å²) < 4.78 is 5.55. The van der Waals surface area contributed by atoms with Gasteiger partial charge in [-0.25, -0.2) is 4.79 Å². The fourth-order valence-electron chi connectivity index (χ4n) is 1.83. The van der Waals surface area contributed by atoms with E-state index in [0.29, 0.717) is 15.9 Å². The number of halogens is 1. The van der Waals surface area contributed by atoms with Crippen molar-refractivity contribution in [2.75, 3.05) is 0 Å². The van der Waals surface area contributed by atoms with Gasteiger partial charge in [0.2, 0.25) is 0 Å². The highest BCUT2D eigenvalue weighted by molar-refractivity contribution is 7.99. The molecule has 1 saturated heterocycles. The molecule has 2 aromatic rings. The third-order valence-electron chi connectivity index (χ3n) is 2.86. The average molecular weight is 349 g/mol. The van der Waals surface area contributed by atoms with Crippen molar-refractivity contribution in [3.8, 4) is 0 Å². The predicted octanol–water partition coefficient (Wildman–Crippen LogP) is 2.83. The summed E-state index contributed by atoms with van der Waals surface area (Å²) in [4.78, 5) is 35.2. The van der Waals surface area contributed by atoms with Gasteiger partial charge in [-0.15, -0.1) is 0 Å². The van der Waals surface area contributed by atoms with Gasteiger partial charge in [0.25, 0.3) is 11.8 Å². The van der Waals surface area contributed by atoms with Crippen LogP contribution in [0.2, 0.25) is 5.02 Å². The maximum Gasteiger partial charge on any atom is 0.328 e. The van der Waals surface area contributed by atoms with Crippen LogP contribution < -0.4 is 10.6 Å². The first-order valence-electron chi connectivity index (χ1n) is 6.43. The number of furan rings is 1. The SMILES string of the molecule is O=C1NC(=O)C(=Cc2ccc(Sc3ccc(Cl)cc3)o2)C(=O)N1. The number of urea groups is 1. The van der Waals surface area contributed by atoms with Crippen LogP contribution in [-0.4, -0.2) is 17.8 Å². The van der Waals surface area contributed by atoms with E-state index >= 15 is 0 Å². The Balaban J connectivity index is 1.78. The first kappa shape index (κ1) is 15.4. The van der Waals surface area contributed by atoms with E-state index in [1.807, 2.05) is 22.8 Å². The Hall–Kier alpha value is -2.51. The smallest absolute Gasteiger partial charge is 0.328 e. The molecule has 1 aromatic heterocycles. The molecule has 0 bridgehead atoms. The molecule has 0 saturated carbocycles. The molecular weight excluding hydrogens is 340 g/mol. The zero-order valence-electron chi connectivity index (χ0n) is 11.5. The van der Waals surface area contributed by atoms with Crippen LogP contribution in [-0.2, 0) is 9.59 Å². The molecule has 0 aliphatic carbocycles. The number of barbiturate groups is 1. The monoisotopic (exact) mass is 348 g/mol. The van der Waals surface area contributed by atoms with E-state index in [2.05, 4.69) is 0 Å². The summed E-state index contributed by atoms with van der Waals surface area (Å²) in [5.41, 5.74) is -0.193. The summed E-state index contributed by atoms with van der Waals surface area (Å²) >= 11 is 7.20. The average Bonchev–Trinajstić information content (AvgIpc) is 2.93. The summed E-state index contributed by atoms with van der Waals surface area (Å²) in [6.07, 6.45) is 1.28. The van der Waals surface area contributed by atoms with Gasteiger partial charge in [-0.3, -0.25) is 20.2 Å². The van der Waals surface area contributed by atoms with Gasteiger partial charge in [-0.05, 0) is 42.5 Å². The predicted molar refractivity (Wildman–Crippen MR) is 83.9 cm³/mol. The van der Waals surface area contributed by atoms with Gasteiger partial charge in [0.05, 0.1) is 0 Å². The van der Waals surface area contributed by atoms with Crippen molar-refractivity contribution in [3.63, 3.8) is 0 Å². The van der Waals surface area contributed by atoms with Gasteiger partial charge in [-0.1, -0.05) is 23.4 Å². The third-order valence-corrected chi connectivity index (χ3v) is 4.04. The Morgan fingerprint density at radius 2 is 1.61 bits per heavy atom. The number of hydrogen-bond donors (Lipinski definition) is 2. The summed E-state index contributed by atoms with van der Waals surface area (Å²) in [5, 5.41) is 5.22. The molecule has 1 aliphatic rings. The largest absolute Gasteiger partial charge is 0.450 e. The van der Waals surface area contributed by atoms with Crippen molar-refractivity contribution in [2.24, 2.45) is 0 Å². The number of carbonyl (C=O) groups is 3. The van der Waals surface area contributed by atoms with Crippen LogP contribution in [0.3, 0.4) is 0 Å². The maximum atomic E-state index is 11.6. The van der Waals surface area contributed by atoms with E-state index in [1.165, 1.54) is 17.8 Å². The second kappa shape index (κ2) is 6.31. The molecule has 23 heavy (non-hydrogen) atoms. The molecule has 3 rings (SSSR count). The third kappa shape index (κ3) is 3.64. The lowest BCUT2D eigenvalue weighted by Gasteiger charge is -2.13. The van der Waals surface area contributed by atoms with Crippen molar-refractivity contribution < 1.29 is 18.8 Å². The van der Waals surface area contributed by atoms with Gasteiger partial charge in [-0.2, -0.15) is 0 Å². The summed E-state index contributed by atoms with van der Waals surface area (Å²) in [7, 11) is 0. The molecule has 0 unspecified atom stereocenters. The molecule has 1 fully saturated rings. The number of nitrogens with one attached hydrogen (secondary N) is 2. The molecule has 0 radical (unpaired) electrons. The Kier molecular flexibility index (Phi) is 4.22. The minimum Gasteiger partial charge on any atom is -0.450 e. The molecule has 1 aliphatic heterocycles. The molecule has 2 N–H and O–H groups in total. The number of hydrogen-bond acceptors (Lipinski definition) is 5. The fraction of sp³-hybridized carbons (Fsp3) is 0. The Morgan fingerprint density at radius 3 is 2.26 bits per heavy atom. The van der Waals surface area contributed by atoms with Gasteiger partial charge in [0.1, 0.15) is 11.3 Å². The number of amides is 4. The minimum absolute atomic E-state index is 0.193.